The normalized spacial score (nSPS) is 11.1. The molecule has 32 heavy (non-hydrogen) atoms. The molecule has 1 aromatic carbocycles. The Morgan fingerprint density at radius 1 is 1.09 bits per heavy atom. The van der Waals surface area contributed by atoms with E-state index in [-0.39, 0.29) is 34.5 Å². The fourth-order valence-electron chi connectivity index (χ4n) is 2.33. The first-order valence-electron chi connectivity index (χ1n) is 9.55. The molecule has 0 bridgehead atoms. The summed E-state index contributed by atoms with van der Waals surface area (Å²) in [5.74, 6) is -2.01. The average molecular weight is 453 g/mol. The first kappa shape index (κ1) is 24.6. The van der Waals surface area contributed by atoms with Crippen molar-refractivity contribution in [1.29, 1.82) is 0 Å². The molecule has 2 amide bonds. The van der Waals surface area contributed by atoms with Gasteiger partial charge in [0.25, 0.3) is 11.8 Å². The molecule has 2 aromatic rings. The number of benzene rings is 1. The molecular formula is C21H22F3N3O5. The summed E-state index contributed by atoms with van der Waals surface area (Å²) in [4.78, 5) is 40.1. The van der Waals surface area contributed by atoms with Crippen LogP contribution in [0.3, 0.4) is 0 Å². The molecule has 1 heterocycles. The van der Waals surface area contributed by atoms with Crippen molar-refractivity contribution in [3.63, 3.8) is 0 Å². The van der Waals surface area contributed by atoms with Crippen molar-refractivity contribution >= 4 is 23.5 Å². The maximum Gasteiger partial charge on any atom is 0.422 e. The molecule has 2 N–H and O–H groups in total. The van der Waals surface area contributed by atoms with E-state index in [1.807, 2.05) is 13.8 Å². The Morgan fingerprint density at radius 3 is 2.44 bits per heavy atom. The van der Waals surface area contributed by atoms with Crippen molar-refractivity contribution in [2.24, 2.45) is 5.92 Å². The van der Waals surface area contributed by atoms with E-state index in [0.29, 0.717) is 6.54 Å². The van der Waals surface area contributed by atoms with E-state index in [1.54, 1.807) is 18.2 Å². The number of halogens is 3. The summed E-state index contributed by atoms with van der Waals surface area (Å²) in [5, 5.41) is 5.26. The largest absolute Gasteiger partial charge is 0.468 e. The van der Waals surface area contributed by atoms with Crippen molar-refractivity contribution in [1.82, 2.24) is 10.3 Å². The van der Waals surface area contributed by atoms with Crippen LogP contribution in [0.15, 0.2) is 42.6 Å². The van der Waals surface area contributed by atoms with Crippen molar-refractivity contribution in [3.8, 4) is 5.88 Å². The second-order valence-electron chi connectivity index (χ2n) is 7.06. The third kappa shape index (κ3) is 8.25. The first-order chi connectivity index (χ1) is 15.0. The van der Waals surface area contributed by atoms with Gasteiger partial charge in [0.2, 0.25) is 5.88 Å². The monoisotopic (exact) mass is 453 g/mol. The van der Waals surface area contributed by atoms with Gasteiger partial charge in [-0.1, -0.05) is 26.0 Å². The van der Waals surface area contributed by atoms with Crippen LogP contribution in [0.25, 0.3) is 0 Å². The minimum atomic E-state index is -4.51. The topological polar surface area (TPSA) is 107 Å². The highest BCUT2D eigenvalue weighted by molar-refractivity contribution is 6.04. The number of nitrogens with zero attached hydrogens (tertiary/aromatic N) is 1. The molecule has 0 radical (unpaired) electrons. The number of hydrogen-bond acceptors (Lipinski definition) is 6. The molecule has 0 aliphatic rings. The molecule has 0 aliphatic carbocycles. The van der Waals surface area contributed by atoms with Gasteiger partial charge in [-0.25, -0.2) is 9.78 Å². The molecule has 11 heteroatoms. The summed E-state index contributed by atoms with van der Waals surface area (Å²) in [6.45, 7) is 2.20. The highest BCUT2D eigenvalue weighted by Crippen LogP contribution is 2.17. The van der Waals surface area contributed by atoms with Crippen LogP contribution in [0, 0.1) is 5.92 Å². The third-order valence-corrected chi connectivity index (χ3v) is 3.81. The lowest BCUT2D eigenvalue weighted by Crippen LogP contribution is -2.29. The van der Waals surface area contributed by atoms with Crippen molar-refractivity contribution in [3.05, 3.63) is 53.7 Å². The molecule has 0 aliphatic heterocycles. The number of amides is 2. The number of carbonyl (C=O) groups is 3. The second kappa shape index (κ2) is 11.1. The molecule has 0 saturated heterocycles. The van der Waals surface area contributed by atoms with Gasteiger partial charge >= 0.3 is 12.1 Å². The van der Waals surface area contributed by atoms with Gasteiger partial charge in [-0.3, -0.25) is 9.59 Å². The van der Waals surface area contributed by atoms with Gasteiger partial charge in [0.1, 0.15) is 0 Å². The van der Waals surface area contributed by atoms with E-state index in [2.05, 4.69) is 20.4 Å². The molecule has 0 unspecified atom stereocenters. The number of esters is 1. The van der Waals surface area contributed by atoms with Crippen LogP contribution >= 0.6 is 0 Å². The van der Waals surface area contributed by atoms with Gasteiger partial charge in [0, 0.05) is 18.8 Å². The van der Waals surface area contributed by atoms with Crippen LogP contribution in [-0.2, 0) is 9.53 Å². The van der Waals surface area contributed by atoms with Crippen LogP contribution in [0.5, 0.6) is 5.88 Å². The van der Waals surface area contributed by atoms with Gasteiger partial charge in [0.15, 0.2) is 13.2 Å². The van der Waals surface area contributed by atoms with Crippen LogP contribution in [-0.4, -0.2) is 48.7 Å². The maximum atomic E-state index is 12.3. The van der Waals surface area contributed by atoms with Crippen molar-refractivity contribution < 1.29 is 37.0 Å². The zero-order chi connectivity index (χ0) is 23.7. The number of pyridine rings is 1. The van der Waals surface area contributed by atoms with Gasteiger partial charge in [-0.05, 0) is 24.1 Å². The Bertz CT molecular complexity index is 946. The van der Waals surface area contributed by atoms with E-state index < -0.39 is 31.3 Å². The molecule has 0 fully saturated rings. The molecule has 0 saturated carbocycles. The van der Waals surface area contributed by atoms with E-state index in [1.165, 1.54) is 6.07 Å². The standard InChI is InChI=1S/C21H22F3N3O5/c1-13(2)9-26-19(29)15-5-3-4-6-16(15)27-17(28)11-31-20(30)14-7-8-18(25-10-14)32-12-21(22,23)24/h3-8,10,13H,9,11-12H2,1-2H3,(H,26,29)(H,27,28). The summed E-state index contributed by atoms with van der Waals surface area (Å²) in [7, 11) is 0. The maximum absolute atomic E-state index is 12.3. The summed E-state index contributed by atoms with van der Waals surface area (Å²) in [5.41, 5.74) is 0.430. The van der Waals surface area contributed by atoms with Gasteiger partial charge in [-0.2, -0.15) is 13.2 Å². The van der Waals surface area contributed by atoms with Crippen LogP contribution < -0.4 is 15.4 Å². The van der Waals surface area contributed by atoms with Gasteiger partial charge in [-0.15, -0.1) is 0 Å². The number of alkyl halides is 3. The molecule has 8 nitrogen and oxygen atoms in total. The predicted octanol–water partition coefficient (Wildman–Crippen LogP) is 3.20. The lowest BCUT2D eigenvalue weighted by Gasteiger charge is -2.12. The molecule has 0 atom stereocenters. The Morgan fingerprint density at radius 2 is 1.81 bits per heavy atom. The Labute approximate surface area is 182 Å². The summed E-state index contributed by atoms with van der Waals surface area (Å²) < 4.78 is 45.7. The van der Waals surface area contributed by atoms with Gasteiger partial charge in [0.05, 0.1) is 16.8 Å². The highest BCUT2D eigenvalue weighted by atomic mass is 19.4. The number of anilines is 1. The molecule has 1 aromatic heterocycles. The predicted molar refractivity (Wildman–Crippen MR) is 108 cm³/mol. The number of rotatable bonds is 9. The Hall–Kier alpha value is -3.63. The Balaban J connectivity index is 1.89. The summed E-state index contributed by atoms with van der Waals surface area (Å²) in [6.07, 6.45) is -3.54. The van der Waals surface area contributed by atoms with Gasteiger partial charge < -0.3 is 20.1 Å². The third-order valence-electron chi connectivity index (χ3n) is 3.81. The van der Waals surface area contributed by atoms with E-state index in [9.17, 15) is 27.6 Å². The number of carbonyl (C=O) groups excluding carboxylic acids is 3. The fraction of sp³-hybridized carbons (Fsp3) is 0.333. The molecular weight excluding hydrogens is 431 g/mol. The van der Waals surface area contributed by atoms with Crippen molar-refractivity contribution in [2.45, 2.75) is 20.0 Å². The lowest BCUT2D eigenvalue weighted by molar-refractivity contribution is -0.154. The van der Waals surface area contributed by atoms with Crippen LogP contribution in [0.1, 0.15) is 34.6 Å². The van der Waals surface area contributed by atoms with Crippen LogP contribution in [0.2, 0.25) is 0 Å². The lowest BCUT2D eigenvalue weighted by atomic mass is 10.1. The fourth-order valence-corrected chi connectivity index (χ4v) is 2.33. The van der Waals surface area contributed by atoms with E-state index in [0.717, 1.165) is 18.3 Å². The first-order valence-corrected chi connectivity index (χ1v) is 9.55. The average Bonchev–Trinajstić information content (AvgIpc) is 2.74. The summed E-state index contributed by atoms with van der Waals surface area (Å²) in [6, 6.07) is 8.60. The molecule has 2 rings (SSSR count). The number of nitrogens with one attached hydrogen (secondary N) is 2. The zero-order valence-corrected chi connectivity index (χ0v) is 17.4. The minimum Gasteiger partial charge on any atom is -0.468 e. The second-order valence-corrected chi connectivity index (χ2v) is 7.06. The smallest absolute Gasteiger partial charge is 0.422 e. The molecule has 172 valence electrons. The number of hydrogen-bond donors (Lipinski definition) is 2. The summed E-state index contributed by atoms with van der Waals surface area (Å²) >= 11 is 0. The van der Waals surface area contributed by atoms with E-state index >= 15 is 0 Å². The number of ether oxygens (including phenoxy) is 2. The van der Waals surface area contributed by atoms with E-state index in [4.69, 9.17) is 4.74 Å². The van der Waals surface area contributed by atoms with Crippen molar-refractivity contribution in [2.75, 3.05) is 25.1 Å². The number of aromatic nitrogens is 1. The zero-order valence-electron chi connectivity index (χ0n) is 17.4. The van der Waals surface area contributed by atoms with Crippen LogP contribution in [0.4, 0.5) is 18.9 Å². The SMILES string of the molecule is CC(C)CNC(=O)c1ccccc1NC(=O)COC(=O)c1ccc(OCC(F)(F)F)nc1. The highest BCUT2D eigenvalue weighted by Gasteiger charge is 2.28. The quantitative estimate of drug-likeness (QED) is 0.565. The number of para-hydroxylation sites is 1. The Kier molecular flexibility index (Phi) is 8.56. The molecule has 0 spiro atoms. The minimum absolute atomic E-state index is 0.0781.